The Kier molecular flexibility index (Phi) is 3.67. The summed E-state index contributed by atoms with van der Waals surface area (Å²) in [5.74, 6) is 2.69. The Labute approximate surface area is 118 Å². The van der Waals surface area contributed by atoms with Crippen LogP contribution in [-0.2, 0) is 0 Å². The first-order valence-corrected chi connectivity index (χ1v) is 6.79. The topological polar surface area (TPSA) is 41.5 Å². The van der Waals surface area contributed by atoms with Crippen LogP contribution in [0.2, 0.25) is 0 Å². The minimum absolute atomic E-state index is 0.662. The zero-order chi connectivity index (χ0) is 13.8. The molecule has 0 spiro atoms. The van der Waals surface area contributed by atoms with Gasteiger partial charge in [0.05, 0.1) is 7.11 Å². The van der Waals surface area contributed by atoms with Crippen molar-refractivity contribution in [3.8, 4) is 5.88 Å². The van der Waals surface area contributed by atoms with Gasteiger partial charge >= 0.3 is 0 Å². The van der Waals surface area contributed by atoms with Gasteiger partial charge in [-0.25, -0.2) is 4.98 Å². The van der Waals surface area contributed by atoms with E-state index in [1.165, 1.54) is 0 Å². The molecular weight excluding hydrogens is 252 g/mol. The summed E-state index contributed by atoms with van der Waals surface area (Å²) in [6.45, 7) is 3.79. The highest BCUT2D eigenvalue weighted by Crippen LogP contribution is 2.19. The maximum atomic E-state index is 5.18. The van der Waals surface area contributed by atoms with E-state index in [0.29, 0.717) is 5.88 Å². The zero-order valence-corrected chi connectivity index (χ0v) is 11.6. The highest BCUT2D eigenvalue weighted by Gasteiger charge is 2.19. The average molecular weight is 270 g/mol. The largest absolute Gasteiger partial charge is 0.481 e. The van der Waals surface area contributed by atoms with Crippen LogP contribution in [0.1, 0.15) is 0 Å². The predicted octanol–water partition coefficient (Wildman–Crippen LogP) is 1.81. The number of rotatable bonds is 3. The van der Waals surface area contributed by atoms with E-state index >= 15 is 0 Å². The normalized spacial score (nSPS) is 15.2. The minimum atomic E-state index is 0.662. The molecule has 3 rings (SSSR count). The van der Waals surface area contributed by atoms with Gasteiger partial charge in [0.25, 0.3) is 0 Å². The van der Waals surface area contributed by atoms with E-state index in [1.807, 2.05) is 36.5 Å². The lowest BCUT2D eigenvalue weighted by molar-refractivity contribution is 0.397. The van der Waals surface area contributed by atoms with E-state index in [1.54, 1.807) is 7.11 Å². The van der Waals surface area contributed by atoms with Crippen molar-refractivity contribution in [3.05, 3.63) is 42.6 Å². The molecule has 0 atom stereocenters. The lowest BCUT2D eigenvalue weighted by atomic mass is 10.3. The highest BCUT2D eigenvalue weighted by molar-refractivity contribution is 5.45. The van der Waals surface area contributed by atoms with Gasteiger partial charge in [0, 0.05) is 38.4 Å². The molecule has 1 aliphatic rings. The van der Waals surface area contributed by atoms with Crippen LogP contribution in [0.15, 0.2) is 42.6 Å². The Bertz CT molecular complexity index is 553. The van der Waals surface area contributed by atoms with Gasteiger partial charge in [-0.15, -0.1) is 0 Å². The summed E-state index contributed by atoms with van der Waals surface area (Å²) in [5.41, 5.74) is 0. The van der Waals surface area contributed by atoms with Crippen LogP contribution >= 0.6 is 0 Å². The molecule has 104 valence electrons. The molecule has 3 heterocycles. The zero-order valence-electron chi connectivity index (χ0n) is 11.6. The molecule has 0 saturated carbocycles. The second kappa shape index (κ2) is 5.77. The quantitative estimate of drug-likeness (QED) is 0.851. The first-order valence-electron chi connectivity index (χ1n) is 6.79. The van der Waals surface area contributed by atoms with Gasteiger partial charge in [-0.1, -0.05) is 12.1 Å². The van der Waals surface area contributed by atoms with Gasteiger partial charge in [0.15, 0.2) is 0 Å². The maximum absolute atomic E-state index is 5.18. The van der Waals surface area contributed by atoms with Gasteiger partial charge in [0.2, 0.25) is 5.88 Å². The number of anilines is 2. The first-order chi connectivity index (χ1) is 9.86. The van der Waals surface area contributed by atoms with Crippen LogP contribution in [0.4, 0.5) is 11.6 Å². The molecule has 1 aliphatic heterocycles. The number of hydrogen-bond donors (Lipinski definition) is 0. The van der Waals surface area contributed by atoms with Crippen molar-refractivity contribution in [1.82, 2.24) is 9.97 Å². The van der Waals surface area contributed by atoms with Crippen LogP contribution in [0.25, 0.3) is 0 Å². The molecule has 0 N–H and O–H groups in total. The van der Waals surface area contributed by atoms with Crippen molar-refractivity contribution in [1.29, 1.82) is 0 Å². The average Bonchev–Trinajstić information content (AvgIpc) is 2.56. The molecule has 1 saturated heterocycles. The summed E-state index contributed by atoms with van der Waals surface area (Å²) in [7, 11) is 1.64. The second-order valence-electron chi connectivity index (χ2n) is 4.70. The standard InChI is InChI=1S/C15H18N4O/c1-20-15-7-4-6-14(17-15)19-11-9-18(10-12-19)13-5-2-3-8-16-13/h2-8H,9-12H2,1H3. The third-order valence-electron chi connectivity index (χ3n) is 3.49. The predicted molar refractivity (Wildman–Crippen MR) is 79.5 cm³/mol. The SMILES string of the molecule is COc1cccc(N2CCN(c3ccccn3)CC2)n1. The van der Waals surface area contributed by atoms with Crippen molar-refractivity contribution in [3.63, 3.8) is 0 Å². The van der Waals surface area contributed by atoms with Crippen LogP contribution in [0, 0.1) is 0 Å². The highest BCUT2D eigenvalue weighted by atomic mass is 16.5. The molecule has 0 radical (unpaired) electrons. The maximum Gasteiger partial charge on any atom is 0.214 e. The van der Waals surface area contributed by atoms with E-state index in [9.17, 15) is 0 Å². The number of ether oxygens (including phenoxy) is 1. The molecule has 5 nitrogen and oxygen atoms in total. The molecule has 2 aromatic heterocycles. The van der Waals surface area contributed by atoms with Crippen molar-refractivity contribution < 1.29 is 4.74 Å². The second-order valence-corrected chi connectivity index (χ2v) is 4.70. The van der Waals surface area contributed by atoms with Gasteiger partial charge in [-0.3, -0.25) is 0 Å². The van der Waals surface area contributed by atoms with Crippen molar-refractivity contribution in [2.24, 2.45) is 0 Å². The van der Waals surface area contributed by atoms with Gasteiger partial charge < -0.3 is 14.5 Å². The van der Waals surface area contributed by atoms with E-state index < -0.39 is 0 Å². The van der Waals surface area contributed by atoms with Gasteiger partial charge in [-0.2, -0.15) is 4.98 Å². The number of hydrogen-bond acceptors (Lipinski definition) is 5. The Morgan fingerprint density at radius 1 is 0.900 bits per heavy atom. The fourth-order valence-electron chi connectivity index (χ4n) is 2.40. The van der Waals surface area contributed by atoms with E-state index in [0.717, 1.165) is 37.8 Å². The first kappa shape index (κ1) is 12.7. The van der Waals surface area contributed by atoms with Crippen LogP contribution < -0.4 is 14.5 Å². The minimum Gasteiger partial charge on any atom is -0.481 e. The molecule has 0 bridgehead atoms. The third-order valence-corrected chi connectivity index (χ3v) is 3.49. The van der Waals surface area contributed by atoms with Crippen LogP contribution in [0.3, 0.4) is 0 Å². The molecular formula is C15H18N4O. The Hall–Kier alpha value is -2.30. The summed E-state index contributed by atoms with van der Waals surface area (Å²) < 4.78 is 5.18. The van der Waals surface area contributed by atoms with Gasteiger partial charge in [-0.05, 0) is 18.2 Å². The fourth-order valence-corrected chi connectivity index (χ4v) is 2.40. The van der Waals surface area contributed by atoms with Crippen molar-refractivity contribution in [2.75, 3.05) is 43.1 Å². The summed E-state index contributed by atoms with van der Waals surface area (Å²) in [4.78, 5) is 13.5. The smallest absolute Gasteiger partial charge is 0.214 e. The number of methoxy groups -OCH3 is 1. The Morgan fingerprint density at radius 3 is 2.25 bits per heavy atom. The van der Waals surface area contributed by atoms with Crippen LogP contribution in [-0.4, -0.2) is 43.3 Å². The molecule has 5 heteroatoms. The van der Waals surface area contributed by atoms with Crippen molar-refractivity contribution in [2.45, 2.75) is 0 Å². The third kappa shape index (κ3) is 2.66. The molecule has 2 aromatic rings. The summed E-state index contributed by atoms with van der Waals surface area (Å²) >= 11 is 0. The summed E-state index contributed by atoms with van der Waals surface area (Å²) in [6, 6.07) is 11.9. The monoisotopic (exact) mass is 270 g/mol. The molecule has 0 aliphatic carbocycles. The Morgan fingerprint density at radius 2 is 1.60 bits per heavy atom. The number of piperazine rings is 1. The van der Waals surface area contributed by atoms with Crippen molar-refractivity contribution >= 4 is 11.6 Å². The molecule has 20 heavy (non-hydrogen) atoms. The molecule has 0 amide bonds. The Balaban J connectivity index is 1.66. The van der Waals surface area contributed by atoms with E-state index in [4.69, 9.17) is 4.74 Å². The summed E-state index contributed by atoms with van der Waals surface area (Å²) in [5, 5.41) is 0. The van der Waals surface area contributed by atoms with E-state index in [2.05, 4.69) is 25.8 Å². The number of pyridine rings is 2. The lowest BCUT2D eigenvalue weighted by Crippen LogP contribution is -2.47. The number of aromatic nitrogens is 2. The van der Waals surface area contributed by atoms with Crippen LogP contribution in [0.5, 0.6) is 5.88 Å². The molecule has 0 unspecified atom stereocenters. The van der Waals surface area contributed by atoms with E-state index in [-0.39, 0.29) is 0 Å². The number of nitrogens with zero attached hydrogens (tertiary/aromatic N) is 4. The van der Waals surface area contributed by atoms with Gasteiger partial charge in [0.1, 0.15) is 11.6 Å². The summed E-state index contributed by atoms with van der Waals surface area (Å²) in [6.07, 6.45) is 1.84. The molecule has 1 fully saturated rings. The lowest BCUT2D eigenvalue weighted by Gasteiger charge is -2.36. The fraction of sp³-hybridized carbons (Fsp3) is 0.333. The molecule has 0 aromatic carbocycles.